The number of rotatable bonds is 7. The van der Waals surface area contributed by atoms with Gasteiger partial charge in [-0.05, 0) is 56.0 Å². The molecule has 30 heavy (non-hydrogen) atoms. The smallest absolute Gasteiger partial charge is 0.253 e. The molecule has 1 N–H and O–H groups in total. The summed E-state index contributed by atoms with van der Waals surface area (Å²) >= 11 is 0. The molecule has 1 aliphatic heterocycles. The number of hydrogen-bond acceptors (Lipinski definition) is 4. The molecule has 2 aromatic carbocycles. The number of carbonyl (C=O) groups is 2. The molecule has 0 aromatic heterocycles. The van der Waals surface area contributed by atoms with Gasteiger partial charge < -0.3 is 19.7 Å². The number of carbonyl (C=O) groups excluding carboxylic acids is 2. The normalized spacial score (nSPS) is 14.3. The number of nitrogens with one attached hydrogen (secondary N) is 1. The molecule has 1 saturated heterocycles. The maximum absolute atomic E-state index is 12.7. The Hall–Kier alpha value is -3.02. The second kappa shape index (κ2) is 10.1. The fraction of sp³-hybridized carbons (Fsp3) is 0.417. The van der Waals surface area contributed by atoms with E-state index in [0.717, 1.165) is 29.5 Å². The topological polar surface area (TPSA) is 67.9 Å². The number of likely N-dealkylation sites (tertiary alicyclic amines) is 1. The van der Waals surface area contributed by atoms with Crippen LogP contribution in [0.3, 0.4) is 0 Å². The Bertz CT molecular complexity index is 889. The van der Waals surface area contributed by atoms with Crippen molar-refractivity contribution in [3.63, 3.8) is 0 Å². The molecule has 6 heteroatoms. The summed E-state index contributed by atoms with van der Waals surface area (Å²) in [6.07, 6.45) is 2.61. The Kier molecular flexibility index (Phi) is 7.33. The minimum Gasteiger partial charge on any atom is -0.493 e. The lowest BCUT2D eigenvalue weighted by atomic mass is 10.0. The Labute approximate surface area is 178 Å². The van der Waals surface area contributed by atoms with E-state index < -0.39 is 0 Å². The van der Waals surface area contributed by atoms with Crippen LogP contribution in [0.15, 0.2) is 42.5 Å². The summed E-state index contributed by atoms with van der Waals surface area (Å²) in [5, 5.41) is 3.12. The lowest BCUT2D eigenvalue weighted by Crippen LogP contribution is -2.46. The molecule has 2 amide bonds. The van der Waals surface area contributed by atoms with Crippen LogP contribution >= 0.6 is 0 Å². The summed E-state index contributed by atoms with van der Waals surface area (Å²) in [6, 6.07) is 13.5. The average Bonchev–Trinajstić information content (AvgIpc) is 2.77. The van der Waals surface area contributed by atoms with Gasteiger partial charge in [0.1, 0.15) is 0 Å². The molecule has 2 aromatic rings. The largest absolute Gasteiger partial charge is 0.493 e. The van der Waals surface area contributed by atoms with E-state index in [1.807, 2.05) is 54.3 Å². The molecule has 1 aliphatic rings. The molecule has 0 radical (unpaired) electrons. The SMILES string of the molecule is COc1ccc(CCC(=O)NC2CCN(C(=O)c3cccc(C)c3)CC2)cc1OC. The van der Waals surface area contributed by atoms with Crippen LogP contribution in [0.1, 0.15) is 40.7 Å². The van der Waals surface area contributed by atoms with Crippen molar-refractivity contribution < 1.29 is 19.1 Å². The van der Waals surface area contributed by atoms with Crippen molar-refractivity contribution in [1.82, 2.24) is 10.2 Å². The third-order valence-electron chi connectivity index (χ3n) is 5.50. The van der Waals surface area contributed by atoms with Crippen molar-refractivity contribution in [2.75, 3.05) is 27.3 Å². The fourth-order valence-electron chi connectivity index (χ4n) is 3.78. The number of amides is 2. The van der Waals surface area contributed by atoms with Crippen LogP contribution in [0, 0.1) is 6.92 Å². The van der Waals surface area contributed by atoms with Gasteiger partial charge in [0.05, 0.1) is 14.2 Å². The number of ether oxygens (including phenoxy) is 2. The predicted molar refractivity (Wildman–Crippen MR) is 116 cm³/mol. The molecule has 160 valence electrons. The summed E-state index contributed by atoms with van der Waals surface area (Å²) in [6.45, 7) is 3.31. The van der Waals surface area contributed by atoms with E-state index in [4.69, 9.17) is 9.47 Å². The van der Waals surface area contributed by atoms with Crippen molar-refractivity contribution in [3.8, 4) is 11.5 Å². The van der Waals surface area contributed by atoms with Crippen molar-refractivity contribution in [2.45, 2.75) is 38.6 Å². The van der Waals surface area contributed by atoms with Gasteiger partial charge in [-0.25, -0.2) is 0 Å². The fourth-order valence-corrected chi connectivity index (χ4v) is 3.78. The summed E-state index contributed by atoms with van der Waals surface area (Å²) in [4.78, 5) is 26.9. The summed E-state index contributed by atoms with van der Waals surface area (Å²) in [5.41, 5.74) is 2.84. The first kappa shape index (κ1) is 21.7. The first-order valence-corrected chi connectivity index (χ1v) is 10.4. The first-order chi connectivity index (χ1) is 14.5. The summed E-state index contributed by atoms with van der Waals surface area (Å²) < 4.78 is 10.6. The molecule has 1 fully saturated rings. The average molecular weight is 411 g/mol. The van der Waals surface area contributed by atoms with E-state index in [-0.39, 0.29) is 17.9 Å². The predicted octanol–water partition coefficient (Wildman–Crippen LogP) is 3.37. The van der Waals surface area contributed by atoms with Crippen molar-refractivity contribution in [1.29, 1.82) is 0 Å². The summed E-state index contributed by atoms with van der Waals surface area (Å²) in [5.74, 6) is 1.45. The third-order valence-corrected chi connectivity index (χ3v) is 5.50. The maximum Gasteiger partial charge on any atom is 0.253 e. The number of aryl methyl sites for hydroxylation is 2. The monoisotopic (exact) mass is 410 g/mol. The minimum atomic E-state index is 0.0354. The second-order valence-corrected chi connectivity index (χ2v) is 7.69. The van der Waals surface area contributed by atoms with Crippen molar-refractivity contribution in [3.05, 3.63) is 59.2 Å². The van der Waals surface area contributed by atoms with Gasteiger partial charge >= 0.3 is 0 Å². The molecular weight excluding hydrogens is 380 g/mol. The molecule has 0 atom stereocenters. The lowest BCUT2D eigenvalue weighted by Gasteiger charge is -2.32. The highest BCUT2D eigenvalue weighted by molar-refractivity contribution is 5.94. The number of methoxy groups -OCH3 is 2. The van der Waals surface area contributed by atoms with Crippen LogP contribution in [0.5, 0.6) is 11.5 Å². The lowest BCUT2D eigenvalue weighted by molar-refractivity contribution is -0.122. The summed E-state index contributed by atoms with van der Waals surface area (Å²) in [7, 11) is 3.20. The highest BCUT2D eigenvalue weighted by Crippen LogP contribution is 2.28. The van der Waals surface area contributed by atoms with E-state index in [2.05, 4.69) is 5.32 Å². The van der Waals surface area contributed by atoms with Crippen LogP contribution in [0.25, 0.3) is 0 Å². The zero-order valence-electron chi connectivity index (χ0n) is 17.9. The van der Waals surface area contributed by atoms with Crippen LogP contribution in [0.2, 0.25) is 0 Å². The maximum atomic E-state index is 12.7. The second-order valence-electron chi connectivity index (χ2n) is 7.69. The van der Waals surface area contributed by atoms with Gasteiger partial charge in [-0.2, -0.15) is 0 Å². The molecule has 0 aliphatic carbocycles. The Balaban J connectivity index is 1.44. The zero-order valence-corrected chi connectivity index (χ0v) is 17.9. The highest BCUT2D eigenvalue weighted by Gasteiger charge is 2.24. The van der Waals surface area contributed by atoms with E-state index >= 15 is 0 Å². The van der Waals surface area contributed by atoms with Gasteiger partial charge in [-0.1, -0.05) is 23.8 Å². The molecule has 0 spiro atoms. The molecule has 0 saturated carbocycles. The minimum absolute atomic E-state index is 0.0354. The van der Waals surface area contributed by atoms with Gasteiger partial charge in [0.25, 0.3) is 5.91 Å². The Morgan fingerprint density at radius 3 is 2.43 bits per heavy atom. The number of nitrogens with zero attached hydrogens (tertiary/aromatic N) is 1. The van der Waals surface area contributed by atoms with Gasteiger partial charge in [0.2, 0.25) is 5.91 Å². The van der Waals surface area contributed by atoms with Gasteiger partial charge in [-0.3, -0.25) is 9.59 Å². The molecule has 0 unspecified atom stereocenters. The number of benzene rings is 2. The number of hydrogen-bond donors (Lipinski definition) is 1. The van der Waals surface area contributed by atoms with Crippen LogP contribution in [-0.2, 0) is 11.2 Å². The van der Waals surface area contributed by atoms with Gasteiger partial charge in [0, 0.05) is 31.1 Å². The molecule has 0 bridgehead atoms. The molecular formula is C24H30N2O4. The quantitative estimate of drug-likeness (QED) is 0.760. The van der Waals surface area contributed by atoms with Crippen LogP contribution in [-0.4, -0.2) is 50.1 Å². The van der Waals surface area contributed by atoms with E-state index in [1.54, 1.807) is 14.2 Å². The Morgan fingerprint density at radius 1 is 1.03 bits per heavy atom. The standard InChI is InChI=1S/C24H30N2O4/c1-17-5-4-6-19(15-17)24(28)26-13-11-20(12-14-26)25-23(27)10-8-18-7-9-21(29-2)22(16-18)30-3/h4-7,9,15-16,20H,8,10-14H2,1-3H3,(H,25,27). The van der Waals surface area contributed by atoms with Crippen LogP contribution in [0.4, 0.5) is 0 Å². The van der Waals surface area contributed by atoms with Crippen molar-refractivity contribution >= 4 is 11.8 Å². The van der Waals surface area contributed by atoms with Gasteiger partial charge in [0.15, 0.2) is 11.5 Å². The molecule has 1 heterocycles. The molecule has 3 rings (SSSR count). The molecule has 6 nitrogen and oxygen atoms in total. The third kappa shape index (κ3) is 5.53. The van der Waals surface area contributed by atoms with Crippen molar-refractivity contribution in [2.24, 2.45) is 0 Å². The van der Waals surface area contributed by atoms with Crippen LogP contribution < -0.4 is 14.8 Å². The van der Waals surface area contributed by atoms with Gasteiger partial charge in [-0.15, -0.1) is 0 Å². The first-order valence-electron chi connectivity index (χ1n) is 10.4. The highest BCUT2D eigenvalue weighted by atomic mass is 16.5. The zero-order chi connectivity index (χ0) is 21.5. The van der Waals surface area contributed by atoms with E-state index in [1.165, 1.54) is 0 Å². The number of piperidine rings is 1. The van der Waals surface area contributed by atoms with E-state index in [9.17, 15) is 9.59 Å². The Morgan fingerprint density at radius 2 is 1.77 bits per heavy atom. The van der Waals surface area contributed by atoms with E-state index in [0.29, 0.717) is 37.4 Å².